The number of aryl methyl sites for hydroxylation is 1. The summed E-state index contributed by atoms with van der Waals surface area (Å²) in [5, 5.41) is 0. The lowest BCUT2D eigenvalue weighted by molar-refractivity contribution is -0.0878. The molecule has 0 saturated heterocycles. The molecule has 0 unspecified atom stereocenters. The Morgan fingerprint density at radius 1 is 1.30 bits per heavy atom. The van der Waals surface area contributed by atoms with Crippen LogP contribution in [0.5, 0.6) is 0 Å². The summed E-state index contributed by atoms with van der Waals surface area (Å²) in [5.74, 6) is 0. The Hall–Kier alpha value is -1.78. The number of unbranched alkanes of at least 4 members (excludes halogenated alkanes) is 1. The maximum Gasteiger partial charge on any atom is 0.415 e. The molecule has 110 valence electrons. The molecule has 20 heavy (non-hydrogen) atoms. The number of hydrogen-bond donors (Lipinski definition) is 0. The smallest absolute Gasteiger partial charge is 0.337 e. The SMILES string of the molecule is C=C(/C=C\C(=C/C)CCCCn1ccnc1)C(F)(F)F. The predicted molar refractivity (Wildman–Crippen MR) is 74.2 cm³/mol. The minimum Gasteiger partial charge on any atom is -0.337 e. The Morgan fingerprint density at radius 3 is 2.60 bits per heavy atom. The van der Waals surface area contributed by atoms with Crippen molar-refractivity contribution in [3.8, 4) is 0 Å². The largest absolute Gasteiger partial charge is 0.415 e. The van der Waals surface area contributed by atoms with Crippen LogP contribution in [0.4, 0.5) is 13.2 Å². The molecule has 0 radical (unpaired) electrons. The van der Waals surface area contributed by atoms with E-state index in [1.807, 2.05) is 23.8 Å². The Bertz CT molecular complexity index is 468. The van der Waals surface area contributed by atoms with Gasteiger partial charge in [0.25, 0.3) is 0 Å². The van der Waals surface area contributed by atoms with E-state index in [0.717, 1.165) is 37.5 Å². The number of nitrogens with zero attached hydrogens (tertiary/aromatic N) is 2. The fourth-order valence-corrected chi connectivity index (χ4v) is 1.67. The topological polar surface area (TPSA) is 17.8 Å². The fraction of sp³-hybridized carbons (Fsp3) is 0.400. The van der Waals surface area contributed by atoms with Crippen molar-refractivity contribution < 1.29 is 13.2 Å². The quantitative estimate of drug-likeness (QED) is 0.525. The fourth-order valence-electron chi connectivity index (χ4n) is 1.67. The van der Waals surface area contributed by atoms with Crippen LogP contribution >= 0.6 is 0 Å². The number of hydrogen-bond acceptors (Lipinski definition) is 1. The average Bonchev–Trinajstić information content (AvgIpc) is 2.89. The van der Waals surface area contributed by atoms with Gasteiger partial charge in [-0.25, -0.2) is 4.98 Å². The zero-order valence-electron chi connectivity index (χ0n) is 11.5. The van der Waals surface area contributed by atoms with E-state index < -0.39 is 11.7 Å². The standard InChI is InChI=1S/C15H19F3N2/c1-3-14(8-7-13(2)15(16,17)18)6-4-5-10-20-11-9-19-12-20/h3,7-9,11-12H,2,4-6,10H2,1H3/b8-7-,14-3-. The van der Waals surface area contributed by atoms with Crippen molar-refractivity contribution in [3.05, 3.63) is 54.7 Å². The summed E-state index contributed by atoms with van der Waals surface area (Å²) >= 11 is 0. The number of allylic oxidation sites excluding steroid dienone is 5. The van der Waals surface area contributed by atoms with E-state index in [9.17, 15) is 13.2 Å². The lowest BCUT2D eigenvalue weighted by atomic mass is 10.1. The van der Waals surface area contributed by atoms with Crippen molar-refractivity contribution in [1.82, 2.24) is 9.55 Å². The Kier molecular flexibility index (Phi) is 6.28. The van der Waals surface area contributed by atoms with E-state index in [4.69, 9.17) is 0 Å². The van der Waals surface area contributed by atoms with Gasteiger partial charge < -0.3 is 4.57 Å². The summed E-state index contributed by atoms with van der Waals surface area (Å²) in [6.45, 7) is 5.71. The van der Waals surface area contributed by atoms with Crippen molar-refractivity contribution in [2.24, 2.45) is 0 Å². The molecule has 0 aliphatic carbocycles. The van der Waals surface area contributed by atoms with E-state index in [2.05, 4.69) is 11.6 Å². The van der Waals surface area contributed by atoms with Crippen molar-refractivity contribution >= 4 is 0 Å². The number of halogens is 3. The van der Waals surface area contributed by atoms with Gasteiger partial charge in [0.15, 0.2) is 0 Å². The minimum absolute atomic E-state index is 0.757. The van der Waals surface area contributed by atoms with E-state index in [1.54, 1.807) is 12.5 Å². The molecule has 0 aliphatic rings. The van der Waals surface area contributed by atoms with Gasteiger partial charge >= 0.3 is 6.18 Å². The first-order chi connectivity index (χ1) is 9.43. The first kappa shape index (κ1) is 16.3. The number of imidazole rings is 1. The molecular weight excluding hydrogens is 265 g/mol. The van der Waals surface area contributed by atoms with Gasteiger partial charge in [0.2, 0.25) is 0 Å². The van der Waals surface area contributed by atoms with Gasteiger partial charge in [-0.05, 0) is 26.2 Å². The van der Waals surface area contributed by atoms with Crippen molar-refractivity contribution in [1.29, 1.82) is 0 Å². The Labute approximate surface area is 117 Å². The number of aromatic nitrogens is 2. The predicted octanol–water partition coefficient (Wildman–Crippen LogP) is 4.67. The molecule has 5 heteroatoms. The highest BCUT2D eigenvalue weighted by Gasteiger charge is 2.29. The summed E-state index contributed by atoms with van der Waals surface area (Å²) in [5.41, 5.74) is 0.0660. The highest BCUT2D eigenvalue weighted by Crippen LogP contribution is 2.25. The summed E-state index contributed by atoms with van der Waals surface area (Å²) in [4.78, 5) is 3.95. The molecule has 0 bridgehead atoms. The van der Waals surface area contributed by atoms with E-state index in [0.29, 0.717) is 0 Å². The van der Waals surface area contributed by atoms with Crippen molar-refractivity contribution in [3.63, 3.8) is 0 Å². The zero-order chi connectivity index (χ0) is 15.0. The maximum absolute atomic E-state index is 12.3. The molecule has 1 rings (SSSR count). The molecule has 1 heterocycles. The van der Waals surface area contributed by atoms with Crippen LogP contribution in [0.25, 0.3) is 0 Å². The van der Waals surface area contributed by atoms with Crippen LogP contribution in [0.15, 0.2) is 54.7 Å². The highest BCUT2D eigenvalue weighted by atomic mass is 19.4. The van der Waals surface area contributed by atoms with Gasteiger partial charge in [-0.15, -0.1) is 0 Å². The van der Waals surface area contributed by atoms with E-state index >= 15 is 0 Å². The molecule has 0 N–H and O–H groups in total. The molecule has 0 atom stereocenters. The first-order valence-electron chi connectivity index (χ1n) is 6.48. The average molecular weight is 284 g/mol. The second-order valence-electron chi connectivity index (χ2n) is 4.48. The van der Waals surface area contributed by atoms with E-state index in [1.165, 1.54) is 6.08 Å². The molecule has 0 amide bonds. The summed E-state index contributed by atoms with van der Waals surface area (Å²) in [6, 6.07) is 0. The van der Waals surface area contributed by atoms with Gasteiger partial charge in [-0.2, -0.15) is 13.2 Å². The monoisotopic (exact) mass is 284 g/mol. The van der Waals surface area contributed by atoms with Crippen molar-refractivity contribution in [2.75, 3.05) is 0 Å². The Morgan fingerprint density at radius 2 is 2.05 bits per heavy atom. The molecule has 0 fully saturated rings. The second-order valence-corrected chi connectivity index (χ2v) is 4.48. The molecule has 1 aromatic heterocycles. The van der Waals surface area contributed by atoms with Crippen LogP contribution in [0, 0.1) is 0 Å². The van der Waals surface area contributed by atoms with Crippen molar-refractivity contribution in [2.45, 2.75) is 38.9 Å². The van der Waals surface area contributed by atoms with Gasteiger partial charge in [-0.3, -0.25) is 0 Å². The highest BCUT2D eigenvalue weighted by molar-refractivity contribution is 5.28. The van der Waals surface area contributed by atoms with Gasteiger partial charge in [0, 0.05) is 24.5 Å². The molecule has 2 nitrogen and oxygen atoms in total. The van der Waals surface area contributed by atoms with Crippen LogP contribution in [0.2, 0.25) is 0 Å². The number of alkyl halides is 3. The molecule has 0 aliphatic heterocycles. The molecule has 1 aromatic rings. The zero-order valence-corrected chi connectivity index (χ0v) is 11.5. The third-order valence-corrected chi connectivity index (χ3v) is 2.92. The maximum atomic E-state index is 12.3. The third kappa shape index (κ3) is 5.91. The van der Waals surface area contributed by atoms with Crippen LogP contribution in [0.3, 0.4) is 0 Å². The summed E-state index contributed by atoms with van der Waals surface area (Å²) in [6.07, 6.45) is 8.01. The lowest BCUT2D eigenvalue weighted by Crippen LogP contribution is -2.08. The normalized spacial score (nSPS) is 13.1. The van der Waals surface area contributed by atoms with Gasteiger partial charge in [-0.1, -0.05) is 30.4 Å². The number of rotatable bonds is 7. The minimum atomic E-state index is -4.35. The van der Waals surface area contributed by atoms with Gasteiger partial charge in [0.1, 0.15) is 0 Å². The third-order valence-electron chi connectivity index (χ3n) is 2.92. The summed E-state index contributed by atoms with van der Waals surface area (Å²) in [7, 11) is 0. The molecule has 0 saturated carbocycles. The van der Waals surface area contributed by atoms with Crippen LogP contribution in [0.1, 0.15) is 26.2 Å². The van der Waals surface area contributed by atoms with E-state index in [-0.39, 0.29) is 0 Å². The van der Waals surface area contributed by atoms with Gasteiger partial charge in [0.05, 0.1) is 6.33 Å². The lowest BCUT2D eigenvalue weighted by Gasteiger charge is -2.06. The first-order valence-corrected chi connectivity index (χ1v) is 6.48. The van der Waals surface area contributed by atoms with Crippen LogP contribution in [-0.4, -0.2) is 15.7 Å². The Balaban J connectivity index is 2.33. The van der Waals surface area contributed by atoms with Crippen LogP contribution in [-0.2, 0) is 6.54 Å². The molecule has 0 aromatic carbocycles. The molecule has 0 spiro atoms. The second kappa shape index (κ2) is 7.72. The summed E-state index contributed by atoms with van der Waals surface area (Å²) < 4.78 is 38.8. The van der Waals surface area contributed by atoms with Crippen LogP contribution < -0.4 is 0 Å². The molecular formula is C15H19F3N2.